The van der Waals surface area contributed by atoms with E-state index in [1.807, 2.05) is 32.0 Å². The average molecular weight is 517 g/mol. The largest absolute Gasteiger partial charge is 0.352 e. The highest BCUT2D eigenvalue weighted by atomic mass is 16.2. The number of benzene rings is 1. The summed E-state index contributed by atoms with van der Waals surface area (Å²) in [5, 5.41) is 8.35. The predicted octanol–water partition coefficient (Wildman–Crippen LogP) is 3.93. The molecule has 1 saturated heterocycles. The first-order valence-electron chi connectivity index (χ1n) is 13.4. The van der Waals surface area contributed by atoms with Crippen LogP contribution in [0.5, 0.6) is 0 Å². The van der Waals surface area contributed by atoms with Gasteiger partial charge in [-0.1, -0.05) is 26.8 Å². The molecule has 3 aromatic rings. The zero-order valence-corrected chi connectivity index (χ0v) is 23.0. The zero-order valence-electron chi connectivity index (χ0n) is 23.0. The molecule has 1 N–H and O–H groups in total. The number of fused-ring (bicyclic) bond motifs is 2. The fourth-order valence-electron chi connectivity index (χ4n) is 5.96. The van der Waals surface area contributed by atoms with Crippen molar-refractivity contribution in [3.05, 3.63) is 42.1 Å². The van der Waals surface area contributed by atoms with Gasteiger partial charge in [-0.2, -0.15) is 5.10 Å². The summed E-state index contributed by atoms with van der Waals surface area (Å²) < 4.78 is 1.60. The Morgan fingerprint density at radius 2 is 1.82 bits per heavy atom. The molecule has 2 amide bonds. The molecule has 2 aromatic heterocycles. The molecule has 9 nitrogen and oxygen atoms in total. The first-order chi connectivity index (χ1) is 18.0. The third kappa shape index (κ3) is 4.81. The van der Waals surface area contributed by atoms with Gasteiger partial charge in [0.2, 0.25) is 11.8 Å². The summed E-state index contributed by atoms with van der Waals surface area (Å²) in [7, 11) is 0. The Morgan fingerprint density at radius 1 is 1.11 bits per heavy atom. The molecule has 3 heterocycles. The Kier molecular flexibility index (Phi) is 6.57. The third-order valence-electron chi connectivity index (χ3n) is 7.92. The summed E-state index contributed by atoms with van der Waals surface area (Å²) in [6.45, 7) is 11.7. The summed E-state index contributed by atoms with van der Waals surface area (Å²) in [6.07, 6.45) is 5.96. The number of rotatable bonds is 8. The Morgan fingerprint density at radius 3 is 2.47 bits per heavy atom. The molecule has 0 spiro atoms. The minimum atomic E-state index is -0.483. The number of likely N-dealkylation sites (tertiary alicyclic amines) is 1. The number of aryl methyl sites for hydroxylation is 1. The number of hydrogen-bond donors (Lipinski definition) is 1. The Hall–Kier alpha value is -3.62. The van der Waals surface area contributed by atoms with Gasteiger partial charge < -0.3 is 10.2 Å². The first-order valence-corrected chi connectivity index (χ1v) is 13.4. The lowest BCUT2D eigenvalue weighted by atomic mass is 10.0. The van der Waals surface area contributed by atoms with E-state index < -0.39 is 6.04 Å². The molecule has 200 valence electrons. The smallest absolute Gasteiger partial charge is 0.245 e. The van der Waals surface area contributed by atoms with Crippen molar-refractivity contribution in [1.29, 1.82) is 0 Å². The van der Waals surface area contributed by atoms with Gasteiger partial charge in [0.15, 0.2) is 5.78 Å². The quantitative estimate of drug-likeness (QED) is 0.454. The molecule has 2 fully saturated rings. The van der Waals surface area contributed by atoms with Crippen LogP contribution in [0.2, 0.25) is 0 Å². The number of ketones is 1. The van der Waals surface area contributed by atoms with Crippen molar-refractivity contribution in [2.45, 2.75) is 85.5 Å². The van der Waals surface area contributed by atoms with E-state index in [0.717, 1.165) is 24.0 Å². The summed E-state index contributed by atoms with van der Waals surface area (Å²) >= 11 is 0. The predicted molar refractivity (Wildman–Crippen MR) is 144 cm³/mol. The zero-order chi connectivity index (χ0) is 27.4. The van der Waals surface area contributed by atoms with Crippen LogP contribution in [-0.2, 0) is 16.1 Å². The van der Waals surface area contributed by atoms with Crippen LogP contribution in [0.3, 0.4) is 0 Å². The van der Waals surface area contributed by atoms with Crippen molar-refractivity contribution in [2.24, 2.45) is 11.3 Å². The number of Topliss-reactive ketones (excluding diaryl/α,β-unsaturated/α-hetero) is 1. The van der Waals surface area contributed by atoms with Crippen LogP contribution in [0.15, 0.2) is 30.6 Å². The minimum absolute atomic E-state index is 0.0132. The molecular weight excluding hydrogens is 480 g/mol. The van der Waals surface area contributed by atoms with Gasteiger partial charge in [0.25, 0.3) is 0 Å². The maximum absolute atomic E-state index is 13.7. The standard InChI is InChI=1S/C29H36N6O3/c1-16(2)9-17(3)32-28(38)24-11-29(6)12-25(29)35(24)26(37)15-34-23-8-7-20(21-13-30-19(5)31-14-21)10-22(23)27(33-34)18(4)36/h7-8,10,13-14,16-17,24-25H,9,11-12,15H2,1-6H3,(H,32,38)/t17?,24-,25+,29-/m0/s1. The lowest BCUT2D eigenvalue weighted by Gasteiger charge is -2.28. The number of piperidine rings is 1. The summed E-state index contributed by atoms with van der Waals surface area (Å²) in [5.41, 5.74) is 2.70. The van der Waals surface area contributed by atoms with Crippen LogP contribution in [-0.4, -0.2) is 60.4 Å². The first kappa shape index (κ1) is 26.0. The van der Waals surface area contributed by atoms with E-state index in [2.05, 4.69) is 41.2 Å². The monoisotopic (exact) mass is 516 g/mol. The lowest BCUT2D eigenvalue weighted by Crippen LogP contribution is -2.50. The van der Waals surface area contributed by atoms with E-state index in [1.165, 1.54) is 6.92 Å². The number of carbonyl (C=O) groups excluding carboxylic acids is 3. The molecule has 5 rings (SSSR count). The number of hydrogen-bond acceptors (Lipinski definition) is 6. The fraction of sp³-hybridized carbons (Fsp3) is 0.517. The number of carbonyl (C=O) groups is 3. The summed E-state index contributed by atoms with van der Waals surface area (Å²) in [6, 6.07) is 5.32. The van der Waals surface area contributed by atoms with E-state index in [1.54, 1.807) is 22.0 Å². The van der Waals surface area contributed by atoms with Gasteiger partial charge in [-0.3, -0.25) is 19.1 Å². The lowest BCUT2D eigenvalue weighted by molar-refractivity contribution is -0.140. The van der Waals surface area contributed by atoms with Gasteiger partial charge in [0, 0.05) is 42.4 Å². The van der Waals surface area contributed by atoms with E-state index >= 15 is 0 Å². The van der Waals surface area contributed by atoms with Crippen molar-refractivity contribution in [2.75, 3.05) is 0 Å². The molecule has 1 aliphatic carbocycles. The Labute approximate surface area is 223 Å². The van der Waals surface area contributed by atoms with Crippen LogP contribution in [0.4, 0.5) is 0 Å². The van der Waals surface area contributed by atoms with E-state index in [9.17, 15) is 14.4 Å². The van der Waals surface area contributed by atoms with Crippen molar-refractivity contribution in [3.63, 3.8) is 0 Å². The molecule has 2 aliphatic rings. The van der Waals surface area contributed by atoms with Gasteiger partial charge in [-0.15, -0.1) is 0 Å². The second-order valence-electron chi connectivity index (χ2n) is 11.7. The van der Waals surface area contributed by atoms with Gasteiger partial charge >= 0.3 is 0 Å². The molecule has 4 atom stereocenters. The van der Waals surface area contributed by atoms with Crippen molar-refractivity contribution >= 4 is 28.5 Å². The molecule has 9 heteroatoms. The number of nitrogens with one attached hydrogen (secondary N) is 1. The molecule has 0 radical (unpaired) electrons. The SMILES string of the molecule is CC(=O)c1nn(CC(=O)N2[C@H](C(=O)NC(C)CC(C)C)C[C@@]3(C)C[C@@H]23)c2ccc(-c3cnc(C)nc3)cc12. The molecule has 1 saturated carbocycles. The third-order valence-corrected chi connectivity index (χ3v) is 7.92. The van der Waals surface area contributed by atoms with Crippen LogP contribution in [0.1, 0.15) is 70.2 Å². The molecule has 1 aromatic carbocycles. The van der Waals surface area contributed by atoms with Crippen molar-refractivity contribution < 1.29 is 14.4 Å². The maximum Gasteiger partial charge on any atom is 0.245 e. The average Bonchev–Trinajstić information content (AvgIpc) is 3.21. The van der Waals surface area contributed by atoms with Gasteiger partial charge in [0.1, 0.15) is 24.1 Å². The highest BCUT2D eigenvalue weighted by Crippen LogP contribution is 2.59. The molecule has 0 bridgehead atoms. The Bertz CT molecular complexity index is 1410. The van der Waals surface area contributed by atoms with Gasteiger partial charge in [-0.25, -0.2) is 9.97 Å². The number of nitrogens with zero attached hydrogens (tertiary/aromatic N) is 5. The maximum atomic E-state index is 13.7. The number of amides is 2. The van der Waals surface area contributed by atoms with Crippen LogP contribution in [0.25, 0.3) is 22.0 Å². The topological polar surface area (TPSA) is 110 Å². The normalized spacial score (nSPS) is 23.0. The summed E-state index contributed by atoms with van der Waals surface area (Å²) in [4.78, 5) is 49.7. The summed E-state index contributed by atoms with van der Waals surface area (Å²) in [5.74, 6) is 0.745. The Balaban J connectivity index is 1.41. The van der Waals surface area contributed by atoms with E-state index in [4.69, 9.17) is 0 Å². The second-order valence-corrected chi connectivity index (χ2v) is 11.7. The molecular formula is C29H36N6O3. The van der Waals surface area contributed by atoms with E-state index in [-0.39, 0.29) is 41.6 Å². The number of aromatic nitrogens is 4. The molecule has 1 aliphatic heterocycles. The highest BCUT2D eigenvalue weighted by Gasteiger charge is 2.64. The van der Waals surface area contributed by atoms with E-state index in [0.29, 0.717) is 34.8 Å². The van der Waals surface area contributed by atoms with Crippen molar-refractivity contribution in [1.82, 2.24) is 30.0 Å². The van der Waals surface area contributed by atoms with Crippen molar-refractivity contribution in [3.8, 4) is 11.1 Å². The second kappa shape index (κ2) is 9.60. The highest BCUT2D eigenvalue weighted by molar-refractivity contribution is 6.06. The van der Waals surface area contributed by atoms with Gasteiger partial charge in [0.05, 0.1) is 5.52 Å². The molecule has 1 unspecified atom stereocenters. The van der Waals surface area contributed by atoms with Gasteiger partial charge in [-0.05, 0) is 62.1 Å². The van der Waals surface area contributed by atoms with Crippen LogP contribution in [0, 0.1) is 18.3 Å². The van der Waals surface area contributed by atoms with Crippen LogP contribution >= 0.6 is 0 Å². The van der Waals surface area contributed by atoms with Crippen LogP contribution < -0.4 is 5.32 Å². The minimum Gasteiger partial charge on any atom is -0.352 e. The molecule has 38 heavy (non-hydrogen) atoms. The fourth-order valence-corrected chi connectivity index (χ4v) is 5.96.